The molecule has 7 heteroatoms. The minimum absolute atomic E-state index is 0.0301. The summed E-state index contributed by atoms with van der Waals surface area (Å²) in [5.41, 5.74) is 2.10. The van der Waals surface area contributed by atoms with Gasteiger partial charge in [-0.3, -0.25) is 4.79 Å². The van der Waals surface area contributed by atoms with Crippen LogP contribution in [0.4, 0.5) is 11.4 Å². The van der Waals surface area contributed by atoms with E-state index in [1.165, 1.54) is 13.2 Å². The van der Waals surface area contributed by atoms with Crippen LogP contribution in [0, 0.1) is 22.7 Å². The van der Waals surface area contributed by atoms with Crippen LogP contribution in [0.3, 0.4) is 0 Å². The van der Waals surface area contributed by atoms with Gasteiger partial charge in [0, 0.05) is 25.0 Å². The van der Waals surface area contributed by atoms with Crippen molar-refractivity contribution in [3.05, 3.63) is 58.6 Å². The van der Waals surface area contributed by atoms with Gasteiger partial charge in [-0.2, -0.15) is 10.5 Å². The molecule has 0 heterocycles. The number of ether oxygens (including phenoxy) is 1. The molecular weight excluding hydrogens is 376 g/mol. The number of rotatable bonds is 7. The zero-order chi connectivity index (χ0) is 20.5. The summed E-state index contributed by atoms with van der Waals surface area (Å²) in [6.07, 6.45) is 1.95. The molecule has 0 aromatic heterocycles. The summed E-state index contributed by atoms with van der Waals surface area (Å²) in [5.74, 6) is -0.0329. The van der Waals surface area contributed by atoms with Crippen molar-refractivity contribution in [2.75, 3.05) is 30.9 Å². The first-order chi connectivity index (χ1) is 13.5. The Kier molecular flexibility index (Phi) is 7.45. The quantitative estimate of drug-likeness (QED) is 0.560. The third-order valence-electron chi connectivity index (χ3n) is 3.98. The summed E-state index contributed by atoms with van der Waals surface area (Å²) in [6, 6.07) is 16.2. The second-order valence-corrected chi connectivity index (χ2v) is 6.30. The minimum atomic E-state index is -0.529. The Morgan fingerprint density at radius 1 is 1.25 bits per heavy atom. The maximum atomic E-state index is 12.4. The summed E-state index contributed by atoms with van der Waals surface area (Å²) in [5, 5.41) is 21.0. The van der Waals surface area contributed by atoms with E-state index in [9.17, 15) is 10.1 Å². The van der Waals surface area contributed by atoms with Gasteiger partial charge >= 0.3 is 0 Å². The van der Waals surface area contributed by atoms with E-state index in [1.807, 2.05) is 42.3 Å². The molecule has 1 amide bonds. The zero-order valence-corrected chi connectivity index (χ0v) is 16.3. The number of carbonyl (C=O) groups is 1. The van der Waals surface area contributed by atoms with Crippen LogP contribution in [0.15, 0.2) is 48.0 Å². The molecule has 0 saturated heterocycles. The van der Waals surface area contributed by atoms with E-state index in [0.29, 0.717) is 29.4 Å². The van der Waals surface area contributed by atoms with Crippen molar-refractivity contribution in [2.24, 2.45) is 0 Å². The van der Waals surface area contributed by atoms with Crippen molar-refractivity contribution in [2.45, 2.75) is 6.42 Å². The lowest BCUT2D eigenvalue weighted by Crippen LogP contribution is -2.17. The number of nitrogens with one attached hydrogen (secondary N) is 1. The van der Waals surface area contributed by atoms with Gasteiger partial charge < -0.3 is 15.0 Å². The highest BCUT2D eigenvalue weighted by molar-refractivity contribution is 6.32. The lowest BCUT2D eigenvalue weighted by Gasteiger charge is -2.17. The van der Waals surface area contributed by atoms with Crippen LogP contribution >= 0.6 is 11.6 Å². The normalized spacial score (nSPS) is 10.5. The molecule has 0 aliphatic carbocycles. The van der Waals surface area contributed by atoms with E-state index in [-0.39, 0.29) is 5.57 Å². The van der Waals surface area contributed by atoms with E-state index >= 15 is 0 Å². The number of anilines is 2. The Morgan fingerprint density at radius 2 is 1.96 bits per heavy atom. The molecule has 0 atom stereocenters. The number of nitriles is 2. The monoisotopic (exact) mass is 394 g/mol. The van der Waals surface area contributed by atoms with Gasteiger partial charge in [-0.1, -0.05) is 23.7 Å². The first-order valence-electron chi connectivity index (χ1n) is 8.43. The topological polar surface area (TPSA) is 89.2 Å². The molecule has 0 aliphatic rings. The fourth-order valence-corrected chi connectivity index (χ4v) is 2.69. The lowest BCUT2D eigenvalue weighted by atomic mass is 10.1. The molecule has 0 radical (unpaired) electrons. The predicted molar refractivity (Wildman–Crippen MR) is 110 cm³/mol. The average molecular weight is 395 g/mol. The molecule has 0 spiro atoms. The Hall–Kier alpha value is -3.48. The molecule has 2 aromatic carbocycles. The van der Waals surface area contributed by atoms with Gasteiger partial charge in [0.25, 0.3) is 5.91 Å². The van der Waals surface area contributed by atoms with Gasteiger partial charge in [-0.25, -0.2) is 0 Å². The van der Waals surface area contributed by atoms with E-state index in [2.05, 4.69) is 11.4 Å². The minimum Gasteiger partial charge on any atom is -0.495 e. The zero-order valence-electron chi connectivity index (χ0n) is 15.6. The number of benzene rings is 2. The predicted octanol–water partition coefficient (Wildman–Crippen LogP) is 4.24. The maximum absolute atomic E-state index is 12.4. The molecule has 0 unspecified atom stereocenters. The van der Waals surface area contributed by atoms with Gasteiger partial charge in [-0.15, -0.1) is 0 Å². The van der Waals surface area contributed by atoms with Crippen LogP contribution in [-0.4, -0.2) is 26.6 Å². The van der Waals surface area contributed by atoms with Crippen LogP contribution in [0.1, 0.15) is 12.0 Å². The van der Waals surface area contributed by atoms with E-state index in [4.69, 9.17) is 21.6 Å². The molecule has 142 valence electrons. The largest absolute Gasteiger partial charge is 0.495 e. The van der Waals surface area contributed by atoms with Crippen LogP contribution in [-0.2, 0) is 4.79 Å². The smallest absolute Gasteiger partial charge is 0.266 e. The number of hydrogen-bond donors (Lipinski definition) is 1. The van der Waals surface area contributed by atoms with Crippen molar-refractivity contribution in [3.8, 4) is 17.9 Å². The first kappa shape index (κ1) is 20.8. The third-order valence-corrected chi connectivity index (χ3v) is 4.27. The van der Waals surface area contributed by atoms with Crippen LogP contribution < -0.4 is 15.0 Å². The van der Waals surface area contributed by atoms with Gasteiger partial charge in [0.2, 0.25) is 0 Å². The van der Waals surface area contributed by atoms with Gasteiger partial charge in [0.05, 0.1) is 24.6 Å². The second kappa shape index (κ2) is 10.0. The molecule has 28 heavy (non-hydrogen) atoms. The first-order valence-corrected chi connectivity index (χ1v) is 8.81. The summed E-state index contributed by atoms with van der Waals surface area (Å²) in [4.78, 5) is 14.4. The van der Waals surface area contributed by atoms with Crippen LogP contribution in [0.5, 0.6) is 5.75 Å². The van der Waals surface area contributed by atoms with Gasteiger partial charge in [0.1, 0.15) is 17.4 Å². The average Bonchev–Trinajstić information content (AvgIpc) is 2.70. The molecule has 2 rings (SSSR count). The standard InChI is InChI=1S/C21H19ClN4O2/c1-26(11-3-10-23)18-7-4-15(5-8-18)12-16(14-24)21(27)25-17-6-9-20(28-2)19(22)13-17/h4-9,12-13H,3,11H2,1-2H3,(H,25,27)/b16-12+. The molecule has 2 aromatic rings. The fraction of sp³-hybridized carbons (Fsp3) is 0.190. The highest BCUT2D eigenvalue weighted by Crippen LogP contribution is 2.27. The summed E-state index contributed by atoms with van der Waals surface area (Å²) in [6.45, 7) is 0.627. The summed E-state index contributed by atoms with van der Waals surface area (Å²) in [7, 11) is 3.40. The van der Waals surface area contributed by atoms with E-state index in [1.54, 1.807) is 18.2 Å². The Bertz CT molecular complexity index is 956. The van der Waals surface area contributed by atoms with Gasteiger partial charge in [-0.05, 0) is 42.0 Å². The molecule has 1 N–H and O–H groups in total. The number of carbonyl (C=O) groups excluding carboxylic acids is 1. The number of halogens is 1. The molecule has 0 fully saturated rings. The molecule has 0 bridgehead atoms. The van der Waals surface area contributed by atoms with Gasteiger partial charge in [0.15, 0.2) is 0 Å². The SMILES string of the molecule is COc1ccc(NC(=O)/C(C#N)=C/c2ccc(N(C)CCC#N)cc2)cc1Cl. The van der Waals surface area contributed by atoms with Crippen molar-refractivity contribution in [1.82, 2.24) is 0 Å². The van der Waals surface area contributed by atoms with Crippen molar-refractivity contribution < 1.29 is 9.53 Å². The van der Waals surface area contributed by atoms with E-state index < -0.39 is 5.91 Å². The molecule has 6 nitrogen and oxygen atoms in total. The highest BCUT2D eigenvalue weighted by atomic mass is 35.5. The Balaban J connectivity index is 2.12. The third kappa shape index (κ3) is 5.51. The van der Waals surface area contributed by atoms with Crippen molar-refractivity contribution >= 4 is 35.0 Å². The maximum Gasteiger partial charge on any atom is 0.266 e. The van der Waals surface area contributed by atoms with Crippen LogP contribution in [0.25, 0.3) is 6.08 Å². The molecule has 0 aliphatic heterocycles. The van der Waals surface area contributed by atoms with E-state index in [0.717, 1.165) is 11.3 Å². The summed E-state index contributed by atoms with van der Waals surface area (Å²) < 4.78 is 5.07. The van der Waals surface area contributed by atoms with Crippen LogP contribution in [0.2, 0.25) is 5.02 Å². The fourth-order valence-electron chi connectivity index (χ4n) is 2.43. The van der Waals surface area contributed by atoms with Crippen molar-refractivity contribution in [1.29, 1.82) is 10.5 Å². The Morgan fingerprint density at radius 3 is 2.54 bits per heavy atom. The number of hydrogen-bond acceptors (Lipinski definition) is 5. The molecule has 0 saturated carbocycles. The molecular formula is C21H19ClN4O2. The number of amides is 1. The Labute approximate surface area is 169 Å². The number of nitrogens with zero attached hydrogens (tertiary/aromatic N) is 3. The highest BCUT2D eigenvalue weighted by Gasteiger charge is 2.11. The summed E-state index contributed by atoms with van der Waals surface area (Å²) >= 11 is 6.05. The lowest BCUT2D eigenvalue weighted by molar-refractivity contribution is -0.112. The van der Waals surface area contributed by atoms with Crippen molar-refractivity contribution in [3.63, 3.8) is 0 Å². The number of methoxy groups -OCH3 is 1. The second-order valence-electron chi connectivity index (χ2n) is 5.89.